The molecule has 0 fully saturated rings. The number of allylic oxidation sites excluding steroid dienone is 3. The molecule has 0 N–H and O–H groups in total. The Labute approximate surface area is 107 Å². The number of hydrogen-bond acceptors (Lipinski definition) is 0. The van der Waals surface area contributed by atoms with Gasteiger partial charge in [0.15, 0.2) is 0 Å². The zero-order valence-corrected chi connectivity index (χ0v) is 13.9. The first kappa shape index (κ1) is 17.4. The van der Waals surface area contributed by atoms with Gasteiger partial charge in [0, 0.05) is 0 Å². The molecule has 0 aromatic heterocycles. The van der Waals surface area contributed by atoms with Crippen LogP contribution >= 0.6 is 0 Å². The van der Waals surface area contributed by atoms with Gasteiger partial charge >= 0.3 is 80.7 Å². The second kappa shape index (κ2) is 9.28. The molecule has 0 radical (unpaired) electrons. The van der Waals surface area contributed by atoms with Crippen LogP contribution in [0.2, 0.25) is 0 Å². The molecule has 0 atom stereocenters. The maximum absolute atomic E-state index is 5.22. The van der Waals surface area contributed by atoms with Crippen LogP contribution < -0.4 is 0 Å². The van der Waals surface area contributed by atoms with Gasteiger partial charge in [-0.25, -0.2) is 0 Å². The fourth-order valence-corrected chi connectivity index (χ4v) is 2.58. The van der Waals surface area contributed by atoms with Crippen molar-refractivity contribution in [1.29, 1.82) is 0 Å². The van der Waals surface area contributed by atoms with Crippen LogP contribution in [0.1, 0.15) is 48.0 Å². The summed E-state index contributed by atoms with van der Waals surface area (Å²) in [6, 6.07) is 0. The van der Waals surface area contributed by atoms with Gasteiger partial charge in [-0.2, -0.15) is 20.8 Å². The van der Waals surface area contributed by atoms with Crippen LogP contribution in [0, 0.1) is 17.9 Å². The van der Waals surface area contributed by atoms with Crippen molar-refractivity contribution < 1.29 is 19.4 Å². The molecule has 0 aliphatic rings. The molecule has 0 amide bonds. The molecule has 0 spiro atoms. The molecule has 0 rings (SSSR count). The summed E-state index contributed by atoms with van der Waals surface area (Å²) >= 11 is 1.54. The summed E-state index contributed by atoms with van der Waals surface area (Å²) in [4.78, 5) is 0. The van der Waals surface area contributed by atoms with Crippen LogP contribution in [0.5, 0.6) is 0 Å². The van der Waals surface area contributed by atoms with Gasteiger partial charge in [-0.15, -0.1) is 0 Å². The summed E-state index contributed by atoms with van der Waals surface area (Å²) in [6.45, 7) is 18.2. The average Bonchev–Trinajstić information content (AvgIpc) is 1.96. The van der Waals surface area contributed by atoms with Crippen LogP contribution in [-0.2, 0) is 19.4 Å². The molecule has 0 aliphatic heterocycles. The minimum atomic E-state index is 0.399. The van der Waals surface area contributed by atoms with Crippen LogP contribution in [0.25, 0.3) is 0 Å². The monoisotopic (exact) mass is 376 g/mol. The summed E-state index contributed by atoms with van der Waals surface area (Å²) in [5.74, 6) is 1.42. The Bertz CT molecular complexity index is 201. The Hall–Kier alpha value is 0.0383. The van der Waals surface area contributed by atoms with Crippen molar-refractivity contribution >= 4 is 3.90 Å². The van der Waals surface area contributed by atoms with Gasteiger partial charge in [-0.1, -0.05) is 0 Å². The molecule has 0 aliphatic carbocycles. The van der Waals surface area contributed by atoms with Crippen molar-refractivity contribution in [2.75, 3.05) is 0 Å². The third-order valence-corrected chi connectivity index (χ3v) is 2.11. The molecule has 0 bridgehead atoms. The first-order valence-electron chi connectivity index (χ1n) is 5.20. The van der Waals surface area contributed by atoms with E-state index in [0.29, 0.717) is 5.41 Å². The van der Waals surface area contributed by atoms with E-state index in [9.17, 15) is 0 Å². The fourth-order valence-electron chi connectivity index (χ4n) is 0.744. The van der Waals surface area contributed by atoms with E-state index in [2.05, 4.69) is 47.6 Å². The van der Waals surface area contributed by atoms with Crippen LogP contribution in [0.4, 0.5) is 0 Å². The molecule has 0 saturated carbocycles. The zero-order valence-electron chi connectivity index (χ0n) is 10.9. The molecule has 88 valence electrons. The van der Waals surface area contributed by atoms with E-state index in [1.54, 1.807) is 6.08 Å². The molecule has 0 aromatic carbocycles. The van der Waals surface area contributed by atoms with E-state index < -0.39 is 0 Å². The second-order valence-electron chi connectivity index (χ2n) is 5.26. The summed E-state index contributed by atoms with van der Waals surface area (Å²) in [5, 5.41) is 0. The van der Waals surface area contributed by atoms with Gasteiger partial charge in [0.25, 0.3) is 0 Å². The van der Waals surface area contributed by atoms with E-state index in [1.807, 2.05) is 6.08 Å². The summed E-state index contributed by atoms with van der Waals surface area (Å²) in [5.41, 5.74) is 0.399. The van der Waals surface area contributed by atoms with Crippen LogP contribution in [0.3, 0.4) is 0 Å². The standard InChI is InChI=1S/C10H15.C4H9.W/c1-5-6-7-8-9-10(2,3)4;1-4(2)3;/h1,5-7H,9H2,2-4H3;1-3H3;/q2*-1;. The average molecular weight is 376 g/mol. The third kappa shape index (κ3) is 24.9. The van der Waals surface area contributed by atoms with E-state index in [1.165, 1.54) is 29.2 Å². The van der Waals surface area contributed by atoms with Crippen molar-refractivity contribution in [1.82, 2.24) is 0 Å². The van der Waals surface area contributed by atoms with Crippen LogP contribution in [0.15, 0.2) is 18.2 Å². The Morgan fingerprint density at radius 1 is 1.27 bits per heavy atom. The first-order chi connectivity index (χ1) is 6.69. The van der Waals surface area contributed by atoms with E-state index in [4.69, 9.17) is 6.58 Å². The Morgan fingerprint density at radius 2 is 1.67 bits per heavy atom. The minimum absolute atomic E-state index is 0.399. The van der Waals surface area contributed by atoms with Crippen molar-refractivity contribution in [3.63, 3.8) is 0 Å². The molecular formula is C14H24W-2. The molecule has 0 unspecified atom stereocenters. The Morgan fingerprint density at radius 3 is 1.93 bits per heavy atom. The van der Waals surface area contributed by atoms with Crippen molar-refractivity contribution in [2.24, 2.45) is 5.41 Å². The zero-order chi connectivity index (χ0) is 12.5. The predicted molar refractivity (Wildman–Crippen MR) is 67.4 cm³/mol. The van der Waals surface area contributed by atoms with Gasteiger partial charge in [-0.05, 0) is 0 Å². The van der Waals surface area contributed by atoms with Gasteiger partial charge in [0.1, 0.15) is 0 Å². The SMILES string of the molecule is C[C-](C)C.[CH-]=CC=C[C](=[W])CC(C)(C)C. The van der Waals surface area contributed by atoms with Gasteiger partial charge in [0.2, 0.25) is 0 Å². The predicted octanol–water partition coefficient (Wildman–Crippen LogP) is 4.31. The molecule has 1 heteroatoms. The normalized spacial score (nSPS) is 11.1. The van der Waals surface area contributed by atoms with Gasteiger partial charge in [-0.3, -0.25) is 0 Å². The quantitative estimate of drug-likeness (QED) is 0.509. The van der Waals surface area contributed by atoms with E-state index in [0.717, 1.165) is 6.42 Å². The van der Waals surface area contributed by atoms with E-state index >= 15 is 0 Å². The molecule has 15 heavy (non-hydrogen) atoms. The van der Waals surface area contributed by atoms with Crippen molar-refractivity contribution in [2.45, 2.75) is 48.0 Å². The number of hydrogen-bond donors (Lipinski definition) is 0. The van der Waals surface area contributed by atoms with Gasteiger partial charge in [0.05, 0.1) is 0 Å². The Kier molecular flexibility index (Phi) is 10.8. The van der Waals surface area contributed by atoms with E-state index in [-0.39, 0.29) is 0 Å². The maximum atomic E-state index is 5.22. The van der Waals surface area contributed by atoms with Crippen LogP contribution in [-0.4, -0.2) is 3.90 Å². The fraction of sp³-hybridized carbons (Fsp3) is 0.571. The number of rotatable bonds is 3. The molecule has 0 saturated heterocycles. The topological polar surface area (TPSA) is 0 Å². The molecule has 0 nitrogen and oxygen atoms in total. The summed E-state index contributed by atoms with van der Waals surface area (Å²) in [6.07, 6.45) is 6.73. The third-order valence-electron chi connectivity index (χ3n) is 1.10. The summed E-state index contributed by atoms with van der Waals surface area (Å²) in [7, 11) is 0. The first-order valence-corrected chi connectivity index (χ1v) is 6.67. The molecule has 0 heterocycles. The Balaban J connectivity index is 0. The second-order valence-corrected chi connectivity index (χ2v) is 7.14. The van der Waals surface area contributed by atoms with Gasteiger partial charge < -0.3 is 5.92 Å². The molecular weight excluding hydrogens is 352 g/mol. The molecule has 0 aromatic rings. The summed E-state index contributed by atoms with van der Waals surface area (Å²) < 4.78 is 1.46. The van der Waals surface area contributed by atoms with Crippen molar-refractivity contribution in [3.8, 4) is 0 Å². The van der Waals surface area contributed by atoms with Crippen molar-refractivity contribution in [3.05, 3.63) is 30.7 Å².